The fourth-order valence-electron chi connectivity index (χ4n) is 1.45. The van der Waals surface area contributed by atoms with Gasteiger partial charge in [0.05, 0.1) is 0 Å². The summed E-state index contributed by atoms with van der Waals surface area (Å²) in [5.41, 5.74) is 1.24. The molecule has 0 bridgehead atoms. The topological polar surface area (TPSA) is 70.2 Å². The van der Waals surface area contributed by atoms with E-state index in [2.05, 4.69) is 16.0 Å². The third kappa shape index (κ3) is 4.99. The van der Waals surface area contributed by atoms with Crippen molar-refractivity contribution < 1.29 is 9.59 Å². The van der Waals surface area contributed by atoms with Crippen LogP contribution >= 0.6 is 0 Å². The fraction of sp³-hybridized carbons (Fsp3) is 0.429. The van der Waals surface area contributed by atoms with Crippen molar-refractivity contribution in [3.05, 3.63) is 29.8 Å². The van der Waals surface area contributed by atoms with Gasteiger partial charge in [-0.3, -0.25) is 4.79 Å². The maximum atomic E-state index is 11.8. The third-order valence-electron chi connectivity index (χ3n) is 2.73. The number of benzene rings is 1. The second-order valence-corrected chi connectivity index (χ2v) is 4.34. The van der Waals surface area contributed by atoms with Crippen LogP contribution in [0.5, 0.6) is 0 Å². The summed E-state index contributed by atoms with van der Waals surface area (Å²) in [6.45, 7) is 6.40. The quantitative estimate of drug-likeness (QED) is 0.763. The Morgan fingerprint density at radius 2 is 1.79 bits per heavy atom. The van der Waals surface area contributed by atoms with Crippen LogP contribution in [-0.4, -0.2) is 24.5 Å². The lowest BCUT2D eigenvalue weighted by molar-refractivity contribution is 0.0939. The molecule has 0 heterocycles. The van der Waals surface area contributed by atoms with E-state index in [-0.39, 0.29) is 18.0 Å². The molecule has 0 saturated carbocycles. The Bertz CT molecular complexity index is 429. The van der Waals surface area contributed by atoms with Gasteiger partial charge in [0.25, 0.3) is 5.91 Å². The van der Waals surface area contributed by atoms with Gasteiger partial charge in [0.2, 0.25) is 0 Å². The Balaban J connectivity index is 2.60. The number of anilines is 1. The number of urea groups is 1. The fourth-order valence-corrected chi connectivity index (χ4v) is 1.45. The molecule has 0 fully saturated rings. The molecule has 1 unspecified atom stereocenters. The van der Waals surface area contributed by atoms with E-state index < -0.39 is 0 Å². The molecule has 0 aliphatic heterocycles. The molecule has 0 radical (unpaired) electrons. The summed E-state index contributed by atoms with van der Waals surface area (Å²) in [5, 5.41) is 8.20. The van der Waals surface area contributed by atoms with Crippen molar-refractivity contribution in [1.29, 1.82) is 0 Å². The molecule has 1 atom stereocenters. The minimum atomic E-state index is -0.251. The van der Waals surface area contributed by atoms with E-state index in [0.29, 0.717) is 17.8 Å². The van der Waals surface area contributed by atoms with E-state index in [0.717, 1.165) is 6.42 Å². The summed E-state index contributed by atoms with van der Waals surface area (Å²) in [7, 11) is 0. The molecular formula is C14H21N3O2. The first-order chi connectivity index (χ1) is 9.06. The average Bonchev–Trinajstić information content (AvgIpc) is 2.39. The second-order valence-electron chi connectivity index (χ2n) is 4.34. The van der Waals surface area contributed by atoms with E-state index in [9.17, 15) is 9.59 Å². The summed E-state index contributed by atoms with van der Waals surface area (Å²) >= 11 is 0. The number of nitrogens with one attached hydrogen (secondary N) is 3. The Labute approximate surface area is 113 Å². The Kier molecular flexibility index (Phi) is 5.85. The molecule has 0 aliphatic rings. The Morgan fingerprint density at radius 1 is 1.16 bits per heavy atom. The zero-order chi connectivity index (χ0) is 14.3. The lowest BCUT2D eigenvalue weighted by Gasteiger charge is -2.11. The number of hydrogen-bond acceptors (Lipinski definition) is 2. The highest BCUT2D eigenvalue weighted by molar-refractivity contribution is 5.95. The smallest absolute Gasteiger partial charge is 0.319 e. The van der Waals surface area contributed by atoms with Gasteiger partial charge in [-0.2, -0.15) is 0 Å². The lowest BCUT2D eigenvalue weighted by atomic mass is 10.1. The van der Waals surface area contributed by atoms with Crippen LogP contribution in [0, 0.1) is 0 Å². The van der Waals surface area contributed by atoms with Crippen molar-refractivity contribution in [2.75, 3.05) is 11.9 Å². The zero-order valence-corrected chi connectivity index (χ0v) is 11.6. The maximum Gasteiger partial charge on any atom is 0.319 e. The Hall–Kier alpha value is -2.04. The van der Waals surface area contributed by atoms with Crippen LogP contribution in [0.25, 0.3) is 0 Å². The molecule has 0 aromatic heterocycles. The van der Waals surface area contributed by atoms with E-state index in [1.54, 1.807) is 24.3 Å². The molecule has 1 aromatic rings. The van der Waals surface area contributed by atoms with E-state index >= 15 is 0 Å². The molecule has 3 N–H and O–H groups in total. The van der Waals surface area contributed by atoms with Gasteiger partial charge in [0.1, 0.15) is 0 Å². The molecule has 104 valence electrons. The molecule has 5 nitrogen and oxygen atoms in total. The standard InChI is InChI=1S/C14H21N3O2/c1-4-10(3)16-13(18)11-6-8-12(9-7-11)17-14(19)15-5-2/h6-10H,4-5H2,1-3H3,(H,16,18)(H2,15,17,19). The van der Waals surface area contributed by atoms with E-state index in [1.165, 1.54) is 0 Å². The number of rotatable bonds is 5. The van der Waals surface area contributed by atoms with Gasteiger partial charge in [-0.05, 0) is 44.5 Å². The molecular weight excluding hydrogens is 242 g/mol. The van der Waals surface area contributed by atoms with Gasteiger partial charge in [-0.15, -0.1) is 0 Å². The summed E-state index contributed by atoms with van der Waals surface area (Å²) in [6, 6.07) is 6.71. The predicted molar refractivity (Wildman–Crippen MR) is 76.4 cm³/mol. The summed E-state index contributed by atoms with van der Waals surface area (Å²) in [4.78, 5) is 23.2. The monoisotopic (exact) mass is 263 g/mol. The minimum Gasteiger partial charge on any atom is -0.350 e. The zero-order valence-electron chi connectivity index (χ0n) is 11.6. The second kappa shape index (κ2) is 7.41. The molecule has 1 rings (SSSR count). The van der Waals surface area contributed by atoms with Crippen molar-refractivity contribution in [2.45, 2.75) is 33.2 Å². The number of amides is 3. The van der Waals surface area contributed by atoms with Gasteiger partial charge in [0.15, 0.2) is 0 Å². The first kappa shape index (κ1) is 15.0. The highest BCUT2D eigenvalue weighted by Gasteiger charge is 2.08. The van der Waals surface area contributed by atoms with E-state index in [4.69, 9.17) is 0 Å². The summed E-state index contributed by atoms with van der Waals surface area (Å²) in [6.07, 6.45) is 0.891. The van der Waals surface area contributed by atoms with Gasteiger partial charge in [-0.1, -0.05) is 6.92 Å². The molecule has 1 aromatic carbocycles. The average molecular weight is 263 g/mol. The van der Waals surface area contributed by atoms with Crippen LogP contribution in [0.3, 0.4) is 0 Å². The van der Waals surface area contributed by atoms with Crippen molar-refractivity contribution in [3.63, 3.8) is 0 Å². The van der Waals surface area contributed by atoms with Gasteiger partial charge in [0, 0.05) is 23.8 Å². The SMILES string of the molecule is CCNC(=O)Nc1ccc(C(=O)NC(C)CC)cc1. The number of carbonyl (C=O) groups is 2. The summed E-state index contributed by atoms with van der Waals surface area (Å²) < 4.78 is 0. The maximum absolute atomic E-state index is 11.8. The third-order valence-corrected chi connectivity index (χ3v) is 2.73. The molecule has 19 heavy (non-hydrogen) atoms. The lowest BCUT2D eigenvalue weighted by Crippen LogP contribution is -2.32. The highest BCUT2D eigenvalue weighted by Crippen LogP contribution is 2.09. The Morgan fingerprint density at radius 3 is 2.32 bits per heavy atom. The molecule has 0 saturated heterocycles. The first-order valence-electron chi connectivity index (χ1n) is 6.52. The van der Waals surface area contributed by atoms with E-state index in [1.807, 2.05) is 20.8 Å². The van der Waals surface area contributed by atoms with Crippen LogP contribution in [0.2, 0.25) is 0 Å². The predicted octanol–water partition coefficient (Wildman–Crippen LogP) is 2.36. The minimum absolute atomic E-state index is 0.0982. The van der Waals surface area contributed by atoms with Gasteiger partial charge in [-0.25, -0.2) is 4.79 Å². The van der Waals surface area contributed by atoms with Crippen LogP contribution in [-0.2, 0) is 0 Å². The summed E-state index contributed by atoms with van der Waals surface area (Å²) in [5.74, 6) is -0.0982. The number of carbonyl (C=O) groups excluding carboxylic acids is 2. The van der Waals surface area contributed by atoms with Crippen molar-refractivity contribution >= 4 is 17.6 Å². The van der Waals surface area contributed by atoms with Gasteiger partial charge < -0.3 is 16.0 Å². The number of hydrogen-bond donors (Lipinski definition) is 3. The van der Waals surface area contributed by atoms with Crippen LogP contribution in [0.1, 0.15) is 37.6 Å². The normalized spacial score (nSPS) is 11.5. The van der Waals surface area contributed by atoms with Crippen LogP contribution < -0.4 is 16.0 Å². The molecule has 5 heteroatoms. The van der Waals surface area contributed by atoms with Gasteiger partial charge >= 0.3 is 6.03 Å². The van der Waals surface area contributed by atoms with Crippen molar-refractivity contribution in [2.24, 2.45) is 0 Å². The largest absolute Gasteiger partial charge is 0.350 e. The first-order valence-corrected chi connectivity index (χ1v) is 6.52. The molecule has 0 spiro atoms. The van der Waals surface area contributed by atoms with Crippen LogP contribution in [0.4, 0.5) is 10.5 Å². The van der Waals surface area contributed by atoms with Crippen molar-refractivity contribution in [1.82, 2.24) is 10.6 Å². The van der Waals surface area contributed by atoms with Crippen LogP contribution in [0.15, 0.2) is 24.3 Å². The molecule has 3 amide bonds. The van der Waals surface area contributed by atoms with Crippen molar-refractivity contribution in [3.8, 4) is 0 Å². The highest BCUT2D eigenvalue weighted by atomic mass is 16.2. The molecule has 0 aliphatic carbocycles.